The van der Waals surface area contributed by atoms with E-state index in [1.165, 1.54) is 0 Å². The normalized spacial score (nSPS) is 21.5. The molecule has 2 N–H and O–H groups in total. The summed E-state index contributed by atoms with van der Waals surface area (Å²) in [6, 6.07) is 12.6. The molecular weight excluding hydrogens is 606 g/mol. The summed E-state index contributed by atoms with van der Waals surface area (Å²) in [6.45, 7) is 2.97. The van der Waals surface area contributed by atoms with Crippen LogP contribution in [0.15, 0.2) is 42.6 Å². The number of amides is 3. The van der Waals surface area contributed by atoms with Gasteiger partial charge in [-0.15, -0.1) is 0 Å². The molecule has 0 spiro atoms. The molecule has 0 aliphatic carbocycles. The topological polar surface area (TPSA) is 129 Å². The van der Waals surface area contributed by atoms with Gasteiger partial charge in [0.15, 0.2) is 5.82 Å². The number of halogens is 1. The highest BCUT2D eigenvalue weighted by molar-refractivity contribution is 6.33. The highest BCUT2D eigenvalue weighted by Crippen LogP contribution is 2.36. The predicted molar refractivity (Wildman–Crippen MR) is 178 cm³/mol. The molecule has 3 aliphatic heterocycles. The van der Waals surface area contributed by atoms with Crippen LogP contribution in [-0.4, -0.2) is 70.2 Å². The monoisotopic (exact) mass is 641 g/mol. The van der Waals surface area contributed by atoms with E-state index in [1.807, 2.05) is 36.0 Å². The number of likely N-dealkylation sites (N-methyl/N-ethyl adjacent to an activating group) is 1. The fourth-order valence-corrected chi connectivity index (χ4v) is 7.12. The molecule has 2 aromatic heterocycles. The first kappa shape index (κ1) is 30.0. The Morgan fingerprint density at radius 2 is 1.91 bits per heavy atom. The van der Waals surface area contributed by atoms with Crippen LogP contribution < -0.4 is 25.3 Å². The van der Waals surface area contributed by atoms with Crippen molar-refractivity contribution in [2.24, 2.45) is 7.05 Å². The van der Waals surface area contributed by atoms with E-state index in [2.05, 4.69) is 51.5 Å². The molecule has 4 aromatic rings. The lowest BCUT2D eigenvalue weighted by Crippen LogP contribution is -2.48. The molecule has 2 aromatic carbocycles. The van der Waals surface area contributed by atoms with Gasteiger partial charge in [0.2, 0.25) is 23.7 Å². The van der Waals surface area contributed by atoms with Gasteiger partial charge in [-0.1, -0.05) is 11.6 Å². The van der Waals surface area contributed by atoms with E-state index in [0.29, 0.717) is 47.8 Å². The van der Waals surface area contributed by atoms with Crippen LogP contribution in [0.2, 0.25) is 5.02 Å². The Balaban J connectivity index is 1.05. The molecule has 2 fully saturated rings. The summed E-state index contributed by atoms with van der Waals surface area (Å²) in [6.07, 6.45) is 4.62. The lowest BCUT2D eigenvalue weighted by atomic mass is 9.92. The first-order chi connectivity index (χ1) is 22.1. The highest BCUT2D eigenvalue weighted by Gasteiger charge is 2.33. The van der Waals surface area contributed by atoms with Crippen molar-refractivity contribution < 1.29 is 14.4 Å². The number of aryl methyl sites for hydroxylation is 1. The van der Waals surface area contributed by atoms with Gasteiger partial charge in [0.1, 0.15) is 5.02 Å². The van der Waals surface area contributed by atoms with E-state index < -0.39 is 5.92 Å². The SMILES string of the molecule is C[C@H]1C[C@H](N(C)c2ccc3c(C4CCC(=O)NC4=O)nn(C)c3c2)CCN1c1ncc(Cl)c(Nc2ccc3c(c2)CC(=O)N3C)n1. The summed E-state index contributed by atoms with van der Waals surface area (Å²) in [5, 5.41) is 11.8. The molecular formula is C33H36ClN9O3. The minimum atomic E-state index is -0.429. The second kappa shape index (κ2) is 11.6. The summed E-state index contributed by atoms with van der Waals surface area (Å²) in [5.74, 6) is 0.287. The average Bonchev–Trinajstić information content (AvgIpc) is 3.51. The Labute approximate surface area is 271 Å². The van der Waals surface area contributed by atoms with Crippen LogP contribution in [0.4, 0.5) is 28.8 Å². The third-order valence-electron chi connectivity index (χ3n) is 9.64. The Bertz CT molecular complexity index is 1890. The number of benzene rings is 2. The molecule has 1 unspecified atom stereocenters. The Morgan fingerprint density at radius 3 is 2.70 bits per heavy atom. The lowest BCUT2D eigenvalue weighted by molar-refractivity contribution is -0.134. The number of fused-ring (bicyclic) bond motifs is 2. The van der Waals surface area contributed by atoms with Crippen LogP contribution in [0.1, 0.15) is 49.8 Å². The van der Waals surface area contributed by atoms with Crippen molar-refractivity contribution in [3.63, 3.8) is 0 Å². The zero-order chi connectivity index (χ0) is 32.3. The first-order valence-electron chi connectivity index (χ1n) is 15.6. The molecule has 7 rings (SSSR count). The van der Waals surface area contributed by atoms with E-state index >= 15 is 0 Å². The maximum atomic E-state index is 12.5. The third-order valence-corrected chi connectivity index (χ3v) is 9.92. The van der Waals surface area contributed by atoms with Gasteiger partial charge in [-0.05, 0) is 68.1 Å². The second-order valence-corrected chi connectivity index (χ2v) is 12.9. The van der Waals surface area contributed by atoms with Crippen molar-refractivity contribution in [2.45, 2.75) is 57.0 Å². The maximum absolute atomic E-state index is 12.5. The molecule has 238 valence electrons. The number of anilines is 5. The number of imide groups is 1. The van der Waals surface area contributed by atoms with Gasteiger partial charge in [0.25, 0.3) is 0 Å². The van der Waals surface area contributed by atoms with Gasteiger partial charge in [0, 0.05) is 68.6 Å². The molecule has 0 radical (unpaired) electrons. The quantitative estimate of drug-likeness (QED) is 0.296. The summed E-state index contributed by atoms with van der Waals surface area (Å²) in [7, 11) is 5.80. The molecule has 3 amide bonds. The van der Waals surface area contributed by atoms with Crippen molar-refractivity contribution in [3.05, 3.63) is 58.9 Å². The van der Waals surface area contributed by atoms with E-state index in [1.54, 1.807) is 18.1 Å². The predicted octanol–water partition coefficient (Wildman–Crippen LogP) is 4.29. The number of carbonyl (C=O) groups is 3. The van der Waals surface area contributed by atoms with Crippen LogP contribution >= 0.6 is 11.6 Å². The molecule has 3 aliphatic rings. The van der Waals surface area contributed by atoms with Crippen LogP contribution in [-0.2, 0) is 27.9 Å². The highest BCUT2D eigenvalue weighted by atomic mass is 35.5. The number of rotatable bonds is 6. The van der Waals surface area contributed by atoms with Gasteiger partial charge in [-0.2, -0.15) is 10.1 Å². The summed E-state index contributed by atoms with van der Waals surface area (Å²) in [5.41, 5.74) is 5.45. The van der Waals surface area contributed by atoms with E-state index in [-0.39, 0.29) is 23.8 Å². The molecule has 12 nitrogen and oxygen atoms in total. The molecule has 5 heterocycles. The Kier molecular flexibility index (Phi) is 7.54. The Hall–Kier alpha value is -4.71. The first-order valence-corrected chi connectivity index (χ1v) is 15.9. The summed E-state index contributed by atoms with van der Waals surface area (Å²) < 4.78 is 1.82. The van der Waals surface area contributed by atoms with Crippen LogP contribution in [0.3, 0.4) is 0 Å². The van der Waals surface area contributed by atoms with Crippen molar-refractivity contribution in [1.29, 1.82) is 0 Å². The van der Waals surface area contributed by atoms with Gasteiger partial charge in [0.05, 0.1) is 29.7 Å². The zero-order valence-corrected chi connectivity index (χ0v) is 27.0. The van der Waals surface area contributed by atoms with Gasteiger partial charge in [-0.3, -0.25) is 24.4 Å². The lowest BCUT2D eigenvalue weighted by Gasteiger charge is -2.42. The minimum Gasteiger partial charge on any atom is -0.371 e. The maximum Gasteiger partial charge on any atom is 0.235 e. The zero-order valence-electron chi connectivity index (χ0n) is 26.2. The number of hydrogen-bond donors (Lipinski definition) is 2. The number of hydrogen-bond acceptors (Lipinski definition) is 9. The third kappa shape index (κ3) is 5.30. The van der Waals surface area contributed by atoms with Crippen LogP contribution in [0.5, 0.6) is 0 Å². The molecule has 46 heavy (non-hydrogen) atoms. The number of piperidine rings is 2. The number of nitrogens with zero attached hydrogens (tertiary/aromatic N) is 7. The van der Waals surface area contributed by atoms with Crippen LogP contribution in [0, 0.1) is 0 Å². The number of carbonyl (C=O) groups excluding carboxylic acids is 3. The molecule has 2 saturated heterocycles. The summed E-state index contributed by atoms with van der Waals surface area (Å²) in [4.78, 5) is 51.9. The van der Waals surface area contributed by atoms with Crippen molar-refractivity contribution in [1.82, 2.24) is 25.1 Å². The largest absolute Gasteiger partial charge is 0.371 e. The number of aromatic nitrogens is 4. The van der Waals surface area contributed by atoms with E-state index in [9.17, 15) is 14.4 Å². The van der Waals surface area contributed by atoms with Gasteiger partial charge >= 0.3 is 0 Å². The Morgan fingerprint density at radius 1 is 1.09 bits per heavy atom. The second-order valence-electron chi connectivity index (χ2n) is 12.5. The van der Waals surface area contributed by atoms with E-state index in [0.717, 1.165) is 52.9 Å². The van der Waals surface area contributed by atoms with Crippen molar-refractivity contribution in [3.8, 4) is 0 Å². The van der Waals surface area contributed by atoms with E-state index in [4.69, 9.17) is 21.7 Å². The molecule has 0 saturated carbocycles. The number of nitrogens with one attached hydrogen (secondary N) is 2. The molecule has 3 atom stereocenters. The van der Waals surface area contributed by atoms with Crippen molar-refractivity contribution in [2.75, 3.05) is 40.7 Å². The van der Waals surface area contributed by atoms with Gasteiger partial charge in [-0.25, -0.2) is 4.98 Å². The van der Waals surface area contributed by atoms with Gasteiger partial charge < -0.3 is 20.0 Å². The molecule has 0 bridgehead atoms. The fourth-order valence-electron chi connectivity index (χ4n) is 6.98. The van der Waals surface area contributed by atoms with Crippen molar-refractivity contribution >= 4 is 69.1 Å². The summed E-state index contributed by atoms with van der Waals surface area (Å²) >= 11 is 6.51. The van der Waals surface area contributed by atoms with Crippen LogP contribution in [0.25, 0.3) is 10.9 Å². The fraction of sp³-hybridized carbons (Fsp3) is 0.394. The standard InChI is InChI=1S/C33H36ClN9O3/c1-18-13-22(40(2)21-6-7-23-27(16-21)42(4)39-30(23)24-8-10-28(44)37-32(24)46)11-12-43(18)33-35-17-25(34)31(38-33)36-20-5-9-26-19(14-20)15-29(45)41(26)3/h5-7,9,14,16-18,22,24H,8,10-13,15H2,1-4H3,(H,35,36,38)(H,37,44,46)/t18-,22+,24?/m0/s1. The minimum absolute atomic E-state index is 0.0778. The smallest absolute Gasteiger partial charge is 0.235 e. The average molecular weight is 642 g/mol. The molecule has 13 heteroatoms.